The predicted octanol–water partition coefficient (Wildman–Crippen LogP) is 1.65. The molecule has 0 spiro atoms. The van der Waals surface area contributed by atoms with Gasteiger partial charge in [0.15, 0.2) is 9.84 Å². The number of hydrogen-bond donors (Lipinski definition) is 0. The number of hydrogen-bond acceptors (Lipinski definition) is 3. The lowest BCUT2D eigenvalue weighted by Gasteiger charge is -2.24. The number of rotatable bonds is 6. The first kappa shape index (κ1) is 16.6. The summed E-state index contributed by atoms with van der Waals surface area (Å²) in [5.74, 6) is -0.757. The second kappa shape index (κ2) is 6.83. The van der Waals surface area contributed by atoms with Crippen molar-refractivity contribution in [3.8, 4) is 0 Å². The zero-order chi connectivity index (χ0) is 15.3. The molecule has 1 unspecified atom stereocenters. The summed E-state index contributed by atoms with van der Waals surface area (Å²) in [5.41, 5.74) is 0.315. The quantitative estimate of drug-likeness (QED) is 0.803. The SMILES string of the molecule is CCS(=O)(=O)CC(C)N(C)C(=O)Cc1ccccc1F. The Morgan fingerprint density at radius 1 is 1.35 bits per heavy atom. The molecule has 6 heteroatoms. The number of likely N-dealkylation sites (N-methyl/N-ethyl adjacent to an activating group) is 1. The second-order valence-corrected chi connectivity index (χ2v) is 7.22. The first-order valence-corrected chi connectivity index (χ1v) is 8.28. The van der Waals surface area contributed by atoms with Gasteiger partial charge in [-0.25, -0.2) is 12.8 Å². The minimum atomic E-state index is -3.15. The number of sulfone groups is 1. The fraction of sp³-hybridized carbons (Fsp3) is 0.500. The normalized spacial score (nSPS) is 13.0. The molecule has 20 heavy (non-hydrogen) atoms. The van der Waals surface area contributed by atoms with Crippen molar-refractivity contribution in [1.82, 2.24) is 4.90 Å². The number of amides is 1. The van der Waals surface area contributed by atoms with Crippen molar-refractivity contribution < 1.29 is 17.6 Å². The molecule has 0 bridgehead atoms. The van der Waals surface area contributed by atoms with E-state index in [0.29, 0.717) is 5.56 Å². The second-order valence-electron chi connectivity index (χ2n) is 4.82. The van der Waals surface area contributed by atoms with E-state index in [4.69, 9.17) is 0 Å². The largest absolute Gasteiger partial charge is 0.342 e. The van der Waals surface area contributed by atoms with E-state index in [-0.39, 0.29) is 23.8 Å². The fourth-order valence-electron chi connectivity index (χ4n) is 1.77. The zero-order valence-electron chi connectivity index (χ0n) is 12.0. The van der Waals surface area contributed by atoms with Crippen LogP contribution in [0.1, 0.15) is 19.4 Å². The molecule has 1 atom stereocenters. The van der Waals surface area contributed by atoms with Gasteiger partial charge < -0.3 is 4.90 Å². The summed E-state index contributed by atoms with van der Waals surface area (Å²) >= 11 is 0. The lowest BCUT2D eigenvalue weighted by Crippen LogP contribution is -2.40. The maximum Gasteiger partial charge on any atom is 0.227 e. The first-order chi connectivity index (χ1) is 9.26. The minimum absolute atomic E-state index is 0.0483. The van der Waals surface area contributed by atoms with Gasteiger partial charge >= 0.3 is 0 Å². The Hall–Kier alpha value is -1.43. The molecule has 0 aliphatic heterocycles. The van der Waals surface area contributed by atoms with E-state index >= 15 is 0 Å². The predicted molar refractivity (Wildman–Crippen MR) is 76.7 cm³/mol. The van der Waals surface area contributed by atoms with Gasteiger partial charge in [-0.3, -0.25) is 4.79 Å². The summed E-state index contributed by atoms with van der Waals surface area (Å²) in [4.78, 5) is 13.4. The van der Waals surface area contributed by atoms with Crippen LogP contribution in [0.5, 0.6) is 0 Å². The third kappa shape index (κ3) is 4.59. The molecule has 0 heterocycles. The van der Waals surface area contributed by atoms with Crippen molar-refractivity contribution in [1.29, 1.82) is 0 Å². The molecule has 1 amide bonds. The van der Waals surface area contributed by atoms with Crippen LogP contribution in [0.15, 0.2) is 24.3 Å². The Kier molecular flexibility index (Phi) is 5.68. The molecular weight excluding hydrogens is 281 g/mol. The van der Waals surface area contributed by atoms with Gasteiger partial charge in [0.05, 0.1) is 12.2 Å². The van der Waals surface area contributed by atoms with Gasteiger partial charge in [-0.2, -0.15) is 0 Å². The Morgan fingerprint density at radius 3 is 2.50 bits per heavy atom. The Morgan fingerprint density at radius 2 is 1.95 bits per heavy atom. The summed E-state index contributed by atoms with van der Waals surface area (Å²) in [6.07, 6.45) is -0.0698. The lowest BCUT2D eigenvalue weighted by atomic mass is 10.1. The summed E-state index contributed by atoms with van der Waals surface area (Å²) in [6.45, 7) is 3.25. The molecule has 0 radical (unpaired) electrons. The summed E-state index contributed by atoms with van der Waals surface area (Å²) < 4.78 is 36.6. The highest BCUT2D eigenvalue weighted by Crippen LogP contribution is 2.10. The van der Waals surface area contributed by atoms with Crippen LogP contribution in [0, 0.1) is 5.82 Å². The lowest BCUT2D eigenvalue weighted by molar-refractivity contribution is -0.130. The Labute approximate surface area is 119 Å². The summed E-state index contributed by atoms with van der Waals surface area (Å²) in [7, 11) is -1.61. The van der Waals surface area contributed by atoms with Crippen molar-refractivity contribution >= 4 is 15.7 Å². The monoisotopic (exact) mass is 301 g/mol. The zero-order valence-corrected chi connectivity index (χ0v) is 12.8. The average Bonchev–Trinajstić information content (AvgIpc) is 2.40. The molecule has 1 rings (SSSR count). The van der Waals surface area contributed by atoms with E-state index in [9.17, 15) is 17.6 Å². The van der Waals surface area contributed by atoms with Gasteiger partial charge in [0, 0.05) is 18.8 Å². The van der Waals surface area contributed by atoms with E-state index in [1.165, 1.54) is 11.0 Å². The standard InChI is InChI=1S/C14H20FNO3S/c1-4-20(18,19)10-11(2)16(3)14(17)9-12-7-5-6-8-13(12)15/h5-8,11H,4,9-10H2,1-3H3. The third-order valence-electron chi connectivity index (χ3n) is 3.29. The van der Waals surface area contributed by atoms with Gasteiger partial charge in [0.25, 0.3) is 0 Å². The molecule has 4 nitrogen and oxygen atoms in total. The number of halogens is 1. The molecule has 112 valence electrons. The van der Waals surface area contributed by atoms with Crippen LogP contribution < -0.4 is 0 Å². The van der Waals surface area contributed by atoms with E-state index in [1.807, 2.05) is 0 Å². The van der Waals surface area contributed by atoms with Crippen LogP contribution in [0.25, 0.3) is 0 Å². The minimum Gasteiger partial charge on any atom is -0.342 e. The van der Waals surface area contributed by atoms with Crippen molar-refractivity contribution in [2.45, 2.75) is 26.3 Å². The molecule has 0 aromatic heterocycles. The maximum absolute atomic E-state index is 13.5. The number of benzene rings is 1. The van der Waals surface area contributed by atoms with Gasteiger partial charge in [-0.1, -0.05) is 25.1 Å². The smallest absolute Gasteiger partial charge is 0.227 e. The van der Waals surface area contributed by atoms with Crippen LogP contribution in [-0.4, -0.2) is 43.8 Å². The molecule has 0 fully saturated rings. The molecule has 1 aromatic rings. The van der Waals surface area contributed by atoms with Gasteiger partial charge in [-0.15, -0.1) is 0 Å². The summed E-state index contributed by atoms with van der Waals surface area (Å²) in [6, 6.07) is 5.64. The third-order valence-corrected chi connectivity index (χ3v) is 5.16. The molecule has 0 aliphatic rings. The topological polar surface area (TPSA) is 54.5 Å². The van der Waals surface area contributed by atoms with E-state index < -0.39 is 21.7 Å². The molecular formula is C14H20FNO3S. The van der Waals surface area contributed by atoms with Crippen LogP contribution in [-0.2, 0) is 21.1 Å². The highest BCUT2D eigenvalue weighted by Gasteiger charge is 2.21. The Balaban J connectivity index is 2.70. The molecule has 0 N–H and O–H groups in total. The van der Waals surface area contributed by atoms with Crippen LogP contribution >= 0.6 is 0 Å². The van der Waals surface area contributed by atoms with Crippen molar-refractivity contribution in [3.63, 3.8) is 0 Å². The number of carbonyl (C=O) groups excluding carboxylic acids is 1. The van der Waals surface area contributed by atoms with E-state index in [2.05, 4.69) is 0 Å². The van der Waals surface area contributed by atoms with Gasteiger partial charge in [0.2, 0.25) is 5.91 Å². The first-order valence-electron chi connectivity index (χ1n) is 6.46. The molecule has 0 saturated heterocycles. The van der Waals surface area contributed by atoms with Gasteiger partial charge in [0.1, 0.15) is 5.82 Å². The molecule has 0 aliphatic carbocycles. The van der Waals surface area contributed by atoms with Crippen LogP contribution in [0.4, 0.5) is 4.39 Å². The van der Waals surface area contributed by atoms with Crippen LogP contribution in [0.2, 0.25) is 0 Å². The maximum atomic E-state index is 13.5. The average molecular weight is 301 g/mol. The van der Waals surface area contributed by atoms with Crippen molar-refractivity contribution in [2.24, 2.45) is 0 Å². The summed E-state index contributed by atoms with van der Waals surface area (Å²) in [5, 5.41) is 0. The number of carbonyl (C=O) groups is 1. The number of nitrogens with zero attached hydrogens (tertiary/aromatic N) is 1. The molecule has 1 aromatic carbocycles. The highest BCUT2D eigenvalue weighted by molar-refractivity contribution is 7.91. The van der Waals surface area contributed by atoms with Gasteiger partial charge in [-0.05, 0) is 18.6 Å². The van der Waals surface area contributed by atoms with E-state index in [1.54, 1.807) is 39.1 Å². The molecule has 0 saturated carbocycles. The van der Waals surface area contributed by atoms with Crippen molar-refractivity contribution in [2.75, 3.05) is 18.6 Å². The van der Waals surface area contributed by atoms with Crippen molar-refractivity contribution in [3.05, 3.63) is 35.6 Å². The highest BCUT2D eigenvalue weighted by atomic mass is 32.2. The van der Waals surface area contributed by atoms with E-state index in [0.717, 1.165) is 0 Å². The fourth-order valence-corrected chi connectivity index (χ4v) is 2.97. The van der Waals surface area contributed by atoms with Crippen LogP contribution in [0.3, 0.4) is 0 Å². The Bertz CT molecular complexity index is 572.